The summed E-state index contributed by atoms with van der Waals surface area (Å²) in [6.45, 7) is 0.736. The number of nitrogens with one attached hydrogen (secondary N) is 1. The Morgan fingerprint density at radius 3 is 2.31 bits per heavy atom. The van der Waals surface area contributed by atoms with Gasteiger partial charge < -0.3 is 10.2 Å². The summed E-state index contributed by atoms with van der Waals surface area (Å²) in [5, 5.41) is 2.92. The van der Waals surface area contributed by atoms with Crippen molar-refractivity contribution in [1.29, 1.82) is 0 Å². The first kappa shape index (κ1) is 23.8. The van der Waals surface area contributed by atoms with Crippen molar-refractivity contribution in [2.45, 2.75) is 19.4 Å². The van der Waals surface area contributed by atoms with Crippen molar-refractivity contribution in [3.05, 3.63) is 131 Å². The molecule has 2 amide bonds. The minimum Gasteiger partial charge on any atom is -0.355 e. The van der Waals surface area contributed by atoms with Crippen LogP contribution in [0.4, 0.5) is 10.1 Å². The smallest absolute Gasteiger partial charge is 0.258 e. The fourth-order valence-corrected chi connectivity index (χ4v) is 3.75. The number of nitrogens with zero attached hydrogens (tertiary/aromatic N) is 2. The van der Waals surface area contributed by atoms with Crippen molar-refractivity contribution >= 4 is 17.5 Å². The molecule has 1 aromatic heterocycles. The zero-order chi connectivity index (χ0) is 24.5. The average molecular weight is 468 g/mol. The van der Waals surface area contributed by atoms with Gasteiger partial charge in [-0.15, -0.1) is 0 Å². The summed E-state index contributed by atoms with van der Waals surface area (Å²) in [6, 6.07) is 28.2. The Labute approximate surface area is 204 Å². The first-order chi connectivity index (χ1) is 17.1. The monoisotopic (exact) mass is 467 g/mol. The van der Waals surface area contributed by atoms with E-state index in [0.29, 0.717) is 29.8 Å². The summed E-state index contributed by atoms with van der Waals surface area (Å²) >= 11 is 0. The third-order valence-corrected chi connectivity index (χ3v) is 5.54. The van der Waals surface area contributed by atoms with E-state index in [2.05, 4.69) is 10.3 Å². The number of aromatic nitrogens is 1. The molecule has 0 radical (unpaired) electrons. The molecule has 0 saturated heterocycles. The van der Waals surface area contributed by atoms with Crippen molar-refractivity contribution in [1.82, 2.24) is 10.3 Å². The van der Waals surface area contributed by atoms with Crippen molar-refractivity contribution in [2.75, 3.05) is 11.4 Å². The Kier molecular flexibility index (Phi) is 7.96. The molecule has 0 saturated carbocycles. The van der Waals surface area contributed by atoms with E-state index in [0.717, 1.165) is 11.3 Å². The topological polar surface area (TPSA) is 62.3 Å². The number of halogens is 1. The number of pyridine rings is 1. The van der Waals surface area contributed by atoms with E-state index in [1.54, 1.807) is 35.4 Å². The predicted octanol–water partition coefficient (Wildman–Crippen LogP) is 4.97. The molecule has 4 aromatic rings. The van der Waals surface area contributed by atoms with Gasteiger partial charge in [-0.1, -0.05) is 48.5 Å². The molecule has 0 aliphatic rings. The maximum atomic E-state index is 13.8. The highest BCUT2D eigenvalue weighted by Gasteiger charge is 2.18. The normalized spacial score (nSPS) is 10.5. The van der Waals surface area contributed by atoms with Gasteiger partial charge in [0.1, 0.15) is 5.82 Å². The van der Waals surface area contributed by atoms with E-state index in [-0.39, 0.29) is 30.6 Å². The van der Waals surface area contributed by atoms with Gasteiger partial charge in [-0.05, 0) is 59.7 Å². The lowest BCUT2D eigenvalue weighted by Gasteiger charge is -2.23. The van der Waals surface area contributed by atoms with Crippen LogP contribution in [-0.2, 0) is 24.2 Å². The molecule has 5 nitrogen and oxygen atoms in total. The van der Waals surface area contributed by atoms with Gasteiger partial charge >= 0.3 is 0 Å². The van der Waals surface area contributed by atoms with Crippen LogP contribution in [-0.4, -0.2) is 23.3 Å². The summed E-state index contributed by atoms with van der Waals surface area (Å²) in [4.78, 5) is 31.5. The Hall–Kier alpha value is -4.32. The number of carbonyl (C=O) groups is 2. The molecule has 3 aromatic carbocycles. The van der Waals surface area contributed by atoms with Crippen LogP contribution in [0.15, 0.2) is 103 Å². The molecule has 0 unspecified atom stereocenters. The minimum absolute atomic E-state index is 0.0781. The van der Waals surface area contributed by atoms with Gasteiger partial charge in [-0.25, -0.2) is 4.39 Å². The number of rotatable bonds is 9. The summed E-state index contributed by atoms with van der Waals surface area (Å²) < 4.78 is 13.8. The molecule has 0 aliphatic carbocycles. The Bertz CT molecular complexity index is 1260. The van der Waals surface area contributed by atoms with Crippen LogP contribution in [0.3, 0.4) is 0 Å². The molecule has 0 spiro atoms. The van der Waals surface area contributed by atoms with Crippen LogP contribution in [0.5, 0.6) is 0 Å². The van der Waals surface area contributed by atoms with Crippen LogP contribution in [0.2, 0.25) is 0 Å². The largest absolute Gasteiger partial charge is 0.355 e. The molecule has 0 bridgehead atoms. The van der Waals surface area contributed by atoms with Crippen LogP contribution < -0.4 is 10.2 Å². The number of benzene rings is 3. The van der Waals surface area contributed by atoms with Gasteiger partial charge in [-0.2, -0.15) is 0 Å². The van der Waals surface area contributed by atoms with Crippen molar-refractivity contribution in [3.8, 4) is 0 Å². The van der Waals surface area contributed by atoms with Gasteiger partial charge in [0.25, 0.3) is 5.91 Å². The molecule has 1 N–H and O–H groups in total. The SMILES string of the molecule is O=C(Cc1ccc(N(Cc2cccc(F)c2)C(=O)c2ccccc2)cc1)NCCc1ccccn1. The van der Waals surface area contributed by atoms with E-state index in [1.165, 1.54) is 12.1 Å². The fraction of sp³-hybridized carbons (Fsp3) is 0.138. The Morgan fingerprint density at radius 1 is 0.829 bits per heavy atom. The van der Waals surface area contributed by atoms with E-state index in [1.807, 2.05) is 60.7 Å². The molecule has 6 heteroatoms. The Balaban J connectivity index is 1.43. The highest BCUT2D eigenvalue weighted by atomic mass is 19.1. The number of hydrogen-bond acceptors (Lipinski definition) is 3. The van der Waals surface area contributed by atoms with Crippen LogP contribution >= 0.6 is 0 Å². The zero-order valence-corrected chi connectivity index (χ0v) is 19.2. The molecule has 1 heterocycles. The van der Waals surface area contributed by atoms with Crippen LogP contribution in [0.1, 0.15) is 27.2 Å². The van der Waals surface area contributed by atoms with Crippen LogP contribution in [0.25, 0.3) is 0 Å². The van der Waals surface area contributed by atoms with Gasteiger partial charge in [0.15, 0.2) is 0 Å². The van der Waals surface area contributed by atoms with E-state index < -0.39 is 0 Å². The fourth-order valence-electron chi connectivity index (χ4n) is 3.75. The van der Waals surface area contributed by atoms with Crippen molar-refractivity contribution in [3.63, 3.8) is 0 Å². The predicted molar refractivity (Wildman–Crippen MR) is 134 cm³/mol. The summed E-state index contributed by atoms with van der Waals surface area (Å²) in [6.07, 6.45) is 2.64. The summed E-state index contributed by atoms with van der Waals surface area (Å²) in [7, 11) is 0. The highest BCUT2D eigenvalue weighted by molar-refractivity contribution is 6.06. The number of hydrogen-bond donors (Lipinski definition) is 1. The van der Waals surface area contributed by atoms with Gasteiger partial charge in [0.05, 0.1) is 13.0 Å². The van der Waals surface area contributed by atoms with Crippen molar-refractivity contribution in [2.24, 2.45) is 0 Å². The van der Waals surface area contributed by atoms with E-state index in [4.69, 9.17) is 0 Å². The maximum absolute atomic E-state index is 13.8. The first-order valence-electron chi connectivity index (χ1n) is 11.5. The molecule has 0 atom stereocenters. The van der Waals surface area contributed by atoms with Gasteiger partial charge in [0.2, 0.25) is 5.91 Å². The lowest BCUT2D eigenvalue weighted by Crippen LogP contribution is -2.30. The minimum atomic E-state index is -0.348. The molecular formula is C29H26FN3O2. The Morgan fingerprint density at radius 2 is 1.60 bits per heavy atom. The third kappa shape index (κ3) is 6.84. The standard InChI is InChI=1S/C29H26FN3O2/c30-25-10-6-7-23(19-25)21-33(29(35)24-8-2-1-3-9-24)27-14-12-22(13-15-27)20-28(34)32-18-16-26-11-4-5-17-31-26/h1-15,17,19H,16,18,20-21H2,(H,32,34). The second kappa shape index (κ2) is 11.7. The van der Waals surface area contributed by atoms with Crippen LogP contribution in [0, 0.1) is 5.82 Å². The molecule has 176 valence electrons. The van der Waals surface area contributed by atoms with Gasteiger partial charge in [0, 0.05) is 36.1 Å². The number of anilines is 1. The van der Waals surface area contributed by atoms with Crippen molar-refractivity contribution < 1.29 is 14.0 Å². The lowest BCUT2D eigenvalue weighted by molar-refractivity contribution is -0.120. The third-order valence-electron chi connectivity index (χ3n) is 5.54. The first-order valence-corrected chi connectivity index (χ1v) is 11.5. The average Bonchev–Trinajstić information content (AvgIpc) is 2.89. The molecule has 4 rings (SSSR count). The zero-order valence-electron chi connectivity index (χ0n) is 19.2. The second-order valence-corrected chi connectivity index (χ2v) is 8.15. The lowest BCUT2D eigenvalue weighted by atomic mass is 10.1. The summed E-state index contributed by atoms with van der Waals surface area (Å²) in [5.74, 6) is -0.612. The molecule has 0 aliphatic heterocycles. The maximum Gasteiger partial charge on any atom is 0.258 e. The number of amides is 2. The molecule has 0 fully saturated rings. The summed E-state index contributed by atoms with van der Waals surface area (Å²) in [5.41, 5.74) is 3.66. The highest BCUT2D eigenvalue weighted by Crippen LogP contribution is 2.22. The molecule has 35 heavy (non-hydrogen) atoms. The van der Waals surface area contributed by atoms with Gasteiger partial charge in [-0.3, -0.25) is 14.6 Å². The second-order valence-electron chi connectivity index (χ2n) is 8.15. The van der Waals surface area contributed by atoms with E-state index >= 15 is 0 Å². The number of carbonyl (C=O) groups excluding carboxylic acids is 2. The quantitative estimate of drug-likeness (QED) is 0.378. The van der Waals surface area contributed by atoms with E-state index in [9.17, 15) is 14.0 Å². The molecular weight excluding hydrogens is 441 g/mol.